The highest BCUT2D eigenvalue weighted by atomic mass is 32.2. The molecule has 1 atom stereocenters. The highest BCUT2D eigenvalue weighted by molar-refractivity contribution is 7.91. The van der Waals surface area contributed by atoms with Crippen LogP contribution in [0.2, 0.25) is 0 Å². The first-order valence-electron chi connectivity index (χ1n) is 16.0. The Balaban J connectivity index is 1.24. The molecule has 3 saturated heterocycles. The molecule has 3 aromatic rings. The lowest BCUT2D eigenvalue weighted by Gasteiger charge is -2.46. The van der Waals surface area contributed by atoms with Crippen LogP contribution in [0.1, 0.15) is 32.6 Å². The number of sulfone groups is 1. The van der Waals surface area contributed by atoms with Gasteiger partial charge in [-0.05, 0) is 75.6 Å². The second-order valence-corrected chi connectivity index (χ2v) is 15.6. The standard InChI is InChI=1S/C33H44FN5O4S2/c1-4-36-17-19-38(20-18-36)25-9-13-37(14-10-25)24-11-15-39(16-12-24)33-28-22-27(44(3)40)6-7-30(28)35-23-32(33)45(41,42)31-8-5-26(43-2)21-29(31)34/h5-8,21-25H,4,9-20H2,1-3H3. The van der Waals surface area contributed by atoms with Crippen molar-refractivity contribution in [1.29, 1.82) is 0 Å². The summed E-state index contributed by atoms with van der Waals surface area (Å²) in [6.07, 6.45) is 7.12. The molecule has 0 amide bonds. The minimum absolute atomic E-state index is 0.0412. The molecule has 0 saturated carbocycles. The Kier molecular flexibility index (Phi) is 9.77. The van der Waals surface area contributed by atoms with Gasteiger partial charge in [-0.2, -0.15) is 0 Å². The molecular weight excluding hydrogens is 614 g/mol. The quantitative estimate of drug-likeness (QED) is 0.357. The number of piperazine rings is 1. The van der Waals surface area contributed by atoms with Gasteiger partial charge in [0.1, 0.15) is 21.4 Å². The SMILES string of the molecule is CCN1CCN(C2CCN(C3CCN(c4c(S(=O)(=O)c5ccc(OC)cc5F)cnc5ccc(S(C)=O)cc45)CC3)CC2)CC1. The van der Waals surface area contributed by atoms with Crippen molar-refractivity contribution in [2.24, 2.45) is 0 Å². The number of fused-ring (bicyclic) bond motifs is 1. The van der Waals surface area contributed by atoms with E-state index in [0.717, 1.165) is 64.7 Å². The van der Waals surface area contributed by atoms with Gasteiger partial charge in [0.05, 0.1) is 18.3 Å². The molecule has 1 aromatic heterocycles. The maximum absolute atomic E-state index is 15.2. The Morgan fingerprint density at radius 2 is 1.53 bits per heavy atom. The van der Waals surface area contributed by atoms with Crippen molar-refractivity contribution in [2.75, 3.05) is 77.2 Å². The number of likely N-dealkylation sites (N-methyl/N-ethyl adjacent to an activating group) is 1. The van der Waals surface area contributed by atoms with E-state index in [1.54, 1.807) is 24.5 Å². The van der Waals surface area contributed by atoms with Crippen LogP contribution in [-0.2, 0) is 20.6 Å². The molecule has 3 fully saturated rings. The molecule has 0 spiro atoms. The van der Waals surface area contributed by atoms with Gasteiger partial charge in [0.2, 0.25) is 9.84 Å². The Bertz CT molecular complexity index is 1650. The smallest absolute Gasteiger partial charge is 0.213 e. The van der Waals surface area contributed by atoms with Crippen LogP contribution in [0, 0.1) is 5.82 Å². The van der Waals surface area contributed by atoms with E-state index in [0.29, 0.717) is 46.7 Å². The second-order valence-electron chi connectivity index (χ2n) is 12.4. The summed E-state index contributed by atoms with van der Waals surface area (Å²) in [7, 11) is -4.15. The number of anilines is 1. The summed E-state index contributed by atoms with van der Waals surface area (Å²) in [5, 5.41) is 0.611. The normalized spacial score (nSPS) is 20.9. The predicted molar refractivity (Wildman–Crippen MR) is 176 cm³/mol. The van der Waals surface area contributed by atoms with Gasteiger partial charge >= 0.3 is 0 Å². The number of nitrogens with zero attached hydrogens (tertiary/aromatic N) is 5. The largest absolute Gasteiger partial charge is 0.497 e. The number of aromatic nitrogens is 1. The van der Waals surface area contributed by atoms with Crippen molar-refractivity contribution in [3.8, 4) is 5.75 Å². The van der Waals surface area contributed by atoms with E-state index in [1.807, 2.05) is 0 Å². The summed E-state index contributed by atoms with van der Waals surface area (Å²) in [4.78, 5) is 14.5. The zero-order chi connectivity index (χ0) is 31.7. The lowest BCUT2D eigenvalue weighted by atomic mass is 9.96. The maximum Gasteiger partial charge on any atom is 0.213 e. The van der Waals surface area contributed by atoms with Crippen LogP contribution in [0.15, 0.2) is 57.3 Å². The van der Waals surface area contributed by atoms with Crippen LogP contribution >= 0.6 is 0 Å². The first-order chi connectivity index (χ1) is 21.7. The van der Waals surface area contributed by atoms with E-state index in [9.17, 15) is 12.6 Å². The van der Waals surface area contributed by atoms with Crippen LogP contribution in [0.25, 0.3) is 10.9 Å². The topological polar surface area (TPSA) is 86.3 Å². The van der Waals surface area contributed by atoms with E-state index >= 15 is 4.39 Å². The zero-order valence-electron chi connectivity index (χ0n) is 26.5. The zero-order valence-corrected chi connectivity index (χ0v) is 28.1. The Hall–Kier alpha value is -2.64. The number of methoxy groups -OCH3 is 1. The van der Waals surface area contributed by atoms with Gasteiger partial charge in [0, 0.05) is 91.0 Å². The van der Waals surface area contributed by atoms with E-state index in [1.165, 1.54) is 38.3 Å². The number of benzene rings is 2. The highest BCUT2D eigenvalue weighted by Crippen LogP contribution is 2.39. The van der Waals surface area contributed by atoms with Gasteiger partial charge in [-0.25, -0.2) is 12.8 Å². The highest BCUT2D eigenvalue weighted by Gasteiger charge is 2.34. The molecule has 244 valence electrons. The number of rotatable bonds is 8. The van der Waals surface area contributed by atoms with Crippen LogP contribution < -0.4 is 9.64 Å². The van der Waals surface area contributed by atoms with Gasteiger partial charge in [0.15, 0.2) is 0 Å². The molecule has 12 heteroatoms. The van der Waals surface area contributed by atoms with Crippen molar-refractivity contribution in [3.63, 3.8) is 0 Å². The van der Waals surface area contributed by atoms with Crippen molar-refractivity contribution < 1.29 is 21.8 Å². The van der Waals surface area contributed by atoms with Gasteiger partial charge in [0.25, 0.3) is 0 Å². The molecule has 2 aromatic carbocycles. The minimum atomic E-state index is -4.28. The van der Waals surface area contributed by atoms with Gasteiger partial charge in [-0.15, -0.1) is 0 Å². The molecule has 3 aliphatic rings. The second kappa shape index (κ2) is 13.6. The van der Waals surface area contributed by atoms with Gasteiger partial charge in [-0.1, -0.05) is 6.92 Å². The van der Waals surface area contributed by atoms with Crippen LogP contribution in [-0.4, -0.2) is 117 Å². The van der Waals surface area contributed by atoms with Crippen LogP contribution in [0.5, 0.6) is 5.75 Å². The molecule has 6 rings (SSSR count). The van der Waals surface area contributed by atoms with Crippen molar-refractivity contribution in [1.82, 2.24) is 19.7 Å². The lowest BCUT2D eigenvalue weighted by molar-refractivity contribution is 0.0449. The average molecular weight is 658 g/mol. The molecule has 0 N–H and O–H groups in total. The molecule has 0 bridgehead atoms. The lowest BCUT2D eigenvalue weighted by Crippen LogP contribution is -2.55. The Morgan fingerprint density at radius 3 is 2.13 bits per heavy atom. The molecular formula is C33H44FN5O4S2. The molecule has 45 heavy (non-hydrogen) atoms. The molecule has 3 aliphatic heterocycles. The summed E-state index contributed by atoms with van der Waals surface area (Å²) < 4.78 is 60.8. The van der Waals surface area contributed by atoms with Crippen LogP contribution in [0.4, 0.5) is 10.1 Å². The first-order valence-corrected chi connectivity index (χ1v) is 19.0. The van der Waals surface area contributed by atoms with Gasteiger partial charge < -0.3 is 19.4 Å². The summed E-state index contributed by atoms with van der Waals surface area (Å²) >= 11 is 0. The maximum atomic E-state index is 15.2. The third-order valence-electron chi connectivity index (χ3n) is 9.99. The van der Waals surface area contributed by atoms with Gasteiger partial charge in [-0.3, -0.25) is 14.1 Å². The summed E-state index contributed by atoms with van der Waals surface area (Å²) in [5.41, 5.74) is 1.11. The summed E-state index contributed by atoms with van der Waals surface area (Å²) in [6.45, 7) is 11.5. The molecule has 1 unspecified atom stereocenters. The summed E-state index contributed by atoms with van der Waals surface area (Å²) in [6, 6.07) is 10.2. The minimum Gasteiger partial charge on any atom is -0.497 e. The summed E-state index contributed by atoms with van der Waals surface area (Å²) in [5.74, 6) is -0.637. The Morgan fingerprint density at radius 1 is 0.889 bits per heavy atom. The number of piperidine rings is 2. The molecule has 9 nitrogen and oxygen atoms in total. The number of hydrogen-bond donors (Lipinski definition) is 0. The number of hydrogen-bond acceptors (Lipinski definition) is 9. The first kappa shape index (κ1) is 32.3. The third-order valence-corrected chi connectivity index (χ3v) is 12.7. The van der Waals surface area contributed by atoms with Crippen LogP contribution in [0.3, 0.4) is 0 Å². The molecule has 0 aliphatic carbocycles. The number of likely N-dealkylation sites (tertiary alicyclic amines) is 1. The number of pyridine rings is 1. The molecule has 0 radical (unpaired) electrons. The van der Waals surface area contributed by atoms with E-state index in [4.69, 9.17) is 4.74 Å². The predicted octanol–water partition coefficient (Wildman–Crippen LogP) is 4.02. The fourth-order valence-corrected chi connectivity index (χ4v) is 9.33. The molecule has 4 heterocycles. The Labute approximate surface area is 268 Å². The van der Waals surface area contributed by atoms with Crippen molar-refractivity contribution in [2.45, 2.75) is 59.4 Å². The van der Waals surface area contributed by atoms with E-state index in [2.05, 4.69) is 31.5 Å². The van der Waals surface area contributed by atoms with E-state index < -0.39 is 31.3 Å². The van der Waals surface area contributed by atoms with E-state index in [-0.39, 0.29) is 10.6 Å². The fourth-order valence-electron chi connectivity index (χ4n) is 7.30. The van der Waals surface area contributed by atoms with Crippen molar-refractivity contribution in [3.05, 3.63) is 48.4 Å². The number of halogens is 1. The monoisotopic (exact) mass is 657 g/mol. The third kappa shape index (κ3) is 6.62. The average Bonchev–Trinajstić information content (AvgIpc) is 3.07. The number of ether oxygens (including phenoxy) is 1. The fraction of sp³-hybridized carbons (Fsp3) is 0.545. The van der Waals surface area contributed by atoms with Crippen molar-refractivity contribution >= 4 is 37.2 Å².